The second-order valence-corrected chi connectivity index (χ2v) is 5.85. The van der Waals surface area contributed by atoms with Crippen LogP contribution in [0.15, 0.2) is 35.7 Å². The Bertz CT molecular complexity index is 511. The van der Waals surface area contributed by atoms with Gasteiger partial charge in [-0.15, -0.1) is 0 Å². The Hall–Kier alpha value is -1.66. The van der Waals surface area contributed by atoms with Crippen LogP contribution in [0.1, 0.15) is 5.56 Å². The van der Waals surface area contributed by atoms with Crippen LogP contribution in [0.2, 0.25) is 0 Å². The molecule has 1 atom stereocenters. The molecule has 106 valence electrons. The van der Waals surface area contributed by atoms with E-state index in [9.17, 15) is 4.79 Å². The SMILES string of the molecule is NC(=O)N1CCN(C2NC(c3ccccc3)=CS2)CC1. The van der Waals surface area contributed by atoms with Gasteiger partial charge in [-0.1, -0.05) is 42.1 Å². The molecule has 1 fully saturated rings. The van der Waals surface area contributed by atoms with Gasteiger partial charge < -0.3 is 16.0 Å². The number of thioether (sulfide) groups is 1. The second kappa shape index (κ2) is 5.76. The number of hydrogen-bond acceptors (Lipinski definition) is 4. The van der Waals surface area contributed by atoms with E-state index in [-0.39, 0.29) is 11.5 Å². The number of primary amides is 1. The number of nitrogens with zero attached hydrogens (tertiary/aromatic N) is 2. The number of rotatable bonds is 2. The summed E-state index contributed by atoms with van der Waals surface area (Å²) in [6, 6.07) is 10.00. The summed E-state index contributed by atoms with van der Waals surface area (Å²) in [6.45, 7) is 3.11. The van der Waals surface area contributed by atoms with Crippen molar-refractivity contribution in [2.45, 2.75) is 5.50 Å². The maximum absolute atomic E-state index is 11.1. The van der Waals surface area contributed by atoms with Crippen molar-refractivity contribution in [1.29, 1.82) is 0 Å². The molecule has 0 bridgehead atoms. The lowest BCUT2D eigenvalue weighted by Crippen LogP contribution is -2.54. The molecule has 2 amide bonds. The molecular formula is C14H18N4OS. The van der Waals surface area contributed by atoms with E-state index < -0.39 is 0 Å². The van der Waals surface area contributed by atoms with Crippen molar-refractivity contribution in [3.05, 3.63) is 41.3 Å². The largest absolute Gasteiger partial charge is 0.360 e. The predicted molar refractivity (Wildman–Crippen MR) is 81.7 cm³/mol. The molecule has 0 saturated carbocycles. The molecule has 3 N–H and O–H groups in total. The molecule has 1 saturated heterocycles. The number of piperazine rings is 1. The molecule has 0 spiro atoms. The van der Waals surface area contributed by atoms with Crippen molar-refractivity contribution < 1.29 is 4.79 Å². The van der Waals surface area contributed by atoms with E-state index in [2.05, 4.69) is 27.8 Å². The lowest BCUT2D eigenvalue weighted by Gasteiger charge is -2.37. The van der Waals surface area contributed by atoms with Crippen molar-refractivity contribution in [1.82, 2.24) is 15.1 Å². The van der Waals surface area contributed by atoms with Gasteiger partial charge in [0.05, 0.1) is 0 Å². The molecule has 6 heteroatoms. The molecule has 3 rings (SSSR count). The Morgan fingerprint density at radius 2 is 1.90 bits per heavy atom. The van der Waals surface area contributed by atoms with Crippen LogP contribution in [-0.2, 0) is 0 Å². The van der Waals surface area contributed by atoms with E-state index in [1.54, 1.807) is 16.7 Å². The van der Waals surface area contributed by atoms with Crippen LogP contribution in [0.25, 0.3) is 5.70 Å². The normalized spacial score (nSPS) is 23.3. The van der Waals surface area contributed by atoms with Crippen LogP contribution in [0.5, 0.6) is 0 Å². The monoisotopic (exact) mass is 290 g/mol. The van der Waals surface area contributed by atoms with Gasteiger partial charge in [0, 0.05) is 31.9 Å². The quantitative estimate of drug-likeness (QED) is 0.862. The number of nitrogens with two attached hydrogens (primary N) is 1. The minimum absolute atomic E-state index is 0.250. The van der Waals surface area contributed by atoms with Crippen LogP contribution in [0.3, 0.4) is 0 Å². The van der Waals surface area contributed by atoms with Crippen LogP contribution in [0.4, 0.5) is 4.79 Å². The summed E-state index contributed by atoms with van der Waals surface area (Å²) in [6.07, 6.45) is 0. The highest BCUT2D eigenvalue weighted by atomic mass is 32.2. The van der Waals surface area contributed by atoms with Crippen molar-refractivity contribution in [2.24, 2.45) is 5.73 Å². The van der Waals surface area contributed by atoms with E-state index in [4.69, 9.17) is 5.73 Å². The first kappa shape index (κ1) is 13.3. The molecule has 1 aromatic rings. The average molecular weight is 290 g/mol. The maximum atomic E-state index is 11.1. The molecule has 2 aliphatic heterocycles. The zero-order valence-corrected chi connectivity index (χ0v) is 12.0. The van der Waals surface area contributed by atoms with Gasteiger partial charge >= 0.3 is 6.03 Å². The molecule has 1 aromatic carbocycles. The number of carbonyl (C=O) groups excluding carboxylic acids is 1. The summed E-state index contributed by atoms with van der Waals surface area (Å²) in [4.78, 5) is 15.2. The van der Waals surface area contributed by atoms with Crippen molar-refractivity contribution >= 4 is 23.5 Å². The Morgan fingerprint density at radius 3 is 2.55 bits per heavy atom. The van der Waals surface area contributed by atoms with Crippen LogP contribution < -0.4 is 11.1 Å². The average Bonchev–Trinajstić information content (AvgIpc) is 2.98. The summed E-state index contributed by atoms with van der Waals surface area (Å²) in [5.41, 5.74) is 7.92. The second-order valence-electron chi connectivity index (χ2n) is 4.89. The summed E-state index contributed by atoms with van der Waals surface area (Å²) in [5, 5.41) is 5.70. The van der Waals surface area contributed by atoms with E-state index in [0.717, 1.165) is 18.8 Å². The van der Waals surface area contributed by atoms with Gasteiger partial charge in [0.15, 0.2) is 0 Å². The fourth-order valence-electron chi connectivity index (χ4n) is 2.46. The third-order valence-corrected chi connectivity index (χ3v) is 4.68. The highest BCUT2D eigenvalue weighted by Crippen LogP contribution is 2.29. The lowest BCUT2D eigenvalue weighted by atomic mass is 10.2. The lowest BCUT2D eigenvalue weighted by molar-refractivity contribution is 0.134. The van der Waals surface area contributed by atoms with E-state index in [1.165, 1.54) is 5.56 Å². The van der Waals surface area contributed by atoms with Crippen molar-refractivity contribution in [3.63, 3.8) is 0 Å². The Labute approximate surface area is 122 Å². The standard InChI is InChI=1S/C14H18N4OS/c15-13(19)17-6-8-18(9-7-17)14-16-12(10-20-14)11-4-2-1-3-5-11/h1-5,10,14,16H,6-9H2,(H2,15,19). The number of urea groups is 1. The van der Waals surface area contributed by atoms with Crippen LogP contribution in [0, 0.1) is 0 Å². The summed E-state index contributed by atoms with van der Waals surface area (Å²) < 4.78 is 0. The molecule has 5 nitrogen and oxygen atoms in total. The van der Waals surface area contributed by atoms with Gasteiger partial charge in [0.1, 0.15) is 5.50 Å². The molecule has 0 aliphatic carbocycles. The number of amides is 2. The molecular weight excluding hydrogens is 272 g/mol. The van der Waals surface area contributed by atoms with E-state index in [1.807, 2.05) is 18.2 Å². The fourth-order valence-corrected chi connectivity index (χ4v) is 3.50. The Balaban J connectivity index is 1.56. The topological polar surface area (TPSA) is 61.6 Å². The summed E-state index contributed by atoms with van der Waals surface area (Å²) in [5.74, 6) is 0. The van der Waals surface area contributed by atoms with Crippen molar-refractivity contribution in [3.8, 4) is 0 Å². The van der Waals surface area contributed by atoms with Gasteiger partial charge in [0.25, 0.3) is 0 Å². The zero-order valence-electron chi connectivity index (χ0n) is 11.2. The van der Waals surface area contributed by atoms with E-state index >= 15 is 0 Å². The number of nitrogens with one attached hydrogen (secondary N) is 1. The molecule has 0 aromatic heterocycles. The van der Waals surface area contributed by atoms with Crippen LogP contribution >= 0.6 is 11.8 Å². The van der Waals surface area contributed by atoms with Gasteiger partial charge in [-0.3, -0.25) is 4.90 Å². The first-order chi connectivity index (χ1) is 9.74. The fraction of sp³-hybridized carbons (Fsp3) is 0.357. The van der Waals surface area contributed by atoms with Gasteiger partial charge in [-0.05, 0) is 11.0 Å². The highest BCUT2D eigenvalue weighted by Gasteiger charge is 2.28. The summed E-state index contributed by atoms with van der Waals surface area (Å²) in [7, 11) is 0. The smallest absolute Gasteiger partial charge is 0.314 e. The minimum atomic E-state index is -0.320. The molecule has 20 heavy (non-hydrogen) atoms. The predicted octanol–water partition coefficient (Wildman–Crippen LogP) is 1.30. The highest BCUT2D eigenvalue weighted by molar-refractivity contribution is 8.03. The minimum Gasteiger partial charge on any atom is -0.360 e. The van der Waals surface area contributed by atoms with Gasteiger partial charge in [0.2, 0.25) is 0 Å². The molecule has 2 heterocycles. The van der Waals surface area contributed by atoms with Crippen LogP contribution in [-0.4, -0.2) is 47.5 Å². The molecule has 1 unspecified atom stereocenters. The van der Waals surface area contributed by atoms with Gasteiger partial charge in [-0.2, -0.15) is 0 Å². The Kier molecular flexibility index (Phi) is 3.84. The zero-order chi connectivity index (χ0) is 13.9. The summed E-state index contributed by atoms with van der Waals surface area (Å²) >= 11 is 1.78. The maximum Gasteiger partial charge on any atom is 0.314 e. The van der Waals surface area contributed by atoms with E-state index in [0.29, 0.717) is 13.1 Å². The van der Waals surface area contributed by atoms with Gasteiger partial charge in [-0.25, -0.2) is 4.79 Å². The third-order valence-electron chi connectivity index (χ3n) is 3.64. The molecule has 0 radical (unpaired) electrons. The molecule has 2 aliphatic rings. The first-order valence-electron chi connectivity index (χ1n) is 6.70. The number of hydrogen-bond donors (Lipinski definition) is 2. The van der Waals surface area contributed by atoms with Crippen molar-refractivity contribution in [2.75, 3.05) is 26.2 Å². The first-order valence-corrected chi connectivity index (χ1v) is 7.64. The number of carbonyl (C=O) groups is 1. The third kappa shape index (κ3) is 2.76. The number of benzene rings is 1. The Morgan fingerprint density at radius 1 is 1.20 bits per heavy atom.